The van der Waals surface area contributed by atoms with Gasteiger partial charge < -0.3 is 19.7 Å². The number of carbonyl (C=O) groups is 2. The predicted molar refractivity (Wildman–Crippen MR) is 230 cm³/mol. The molecule has 0 bridgehead atoms. The lowest BCUT2D eigenvalue weighted by molar-refractivity contribution is -0.152. The summed E-state index contributed by atoms with van der Waals surface area (Å²) in [5, 5.41) is 19.7. The highest BCUT2D eigenvalue weighted by Gasteiger charge is 2.12. The summed E-state index contributed by atoms with van der Waals surface area (Å²) in [6.45, 7) is 6.47. The topological polar surface area (TPSA) is 93.1 Å². The molecular weight excluding hydrogens is 673 g/mol. The molecule has 0 aliphatic carbocycles. The minimum absolute atomic E-state index is 0.141. The summed E-state index contributed by atoms with van der Waals surface area (Å²) in [5.74, 6) is 0.268. The second-order valence-electron chi connectivity index (χ2n) is 15.6. The van der Waals surface area contributed by atoms with Crippen LogP contribution in [0.25, 0.3) is 0 Å². The number of hydrogen-bond donors (Lipinski definition) is 2. The van der Waals surface area contributed by atoms with Crippen molar-refractivity contribution in [2.75, 3.05) is 13.2 Å². The second-order valence-corrected chi connectivity index (χ2v) is 15.6. The molecule has 0 aliphatic rings. The zero-order chi connectivity index (χ0) is 39.6. The molecule has 0 aliphatic heterocycles. The van der Waals surface area contributed by atoms with E-state index in [0.717, 1.165) is 70.1 Å². The highest BCUT2D eigenvalue weighted by atomic mass is 16.6. The van der Waals surface area contributed by atoms with E-state index >= 15 is 0 Å². The van der Waals surface area contributed by atoms with Crippen LogP contribution in [0.4, 0.5) is 0 Å². The van der Waals surface area contributed by atoms with E-state index < -0.39 is 6.10 Å². The third kappa shape index (κ3) is 41.0. The van der Waals surface area contributed by atoms with Crippen molar-refractivity contribution in [3.05, 3.63) is 48.6 Å². The summed E-state index contributed by atoms with van der Waals surface area (Å²) in [6.07, 6.45) is 49.5. The monoisotopic (exact) mass is 759 g/mol. The van der Waals surface area contributed by atoms with Gasteiger partial charge in [-0.15, -0.1) is 0 Å². The molecule has 0 fully saturated rings. The van der Waals surface area contributed by atoms with E-state index in [2.05, 4.69) is 69.4 Å². The lowest BCUT2D eigenvalue weighted by Crippen LogP contribution is -2.25. The largest absolute Gasteiger partial charge is 0.463 e. The van der Waals surface area contributed by atoms with Gasteiger partial charge in [0.1, 0.15) is 19.3 Å². The fourth-order valence-corrected chi connectivity index (χ4v) is 6.36. The first-order valence-corrected chi connectivity index (χ1v) is 22.7. The van der Waals surface area contributed by atoms with Gasteiger partial charge in [-0.2, -0.15) is 0 Å². The molecule has 0 saturated heterocycles. The van der Waals surface area contributed by atoms with Gasteiger partial charge >= 0.3 is 11.9 Å². The van der Waals surface area contributed by atoms with Crippen molar-refractivity contribution in [1.82, 2.24) is 0 Å². The molecule has 0 heterocycles. The Kier molecular flexibility index (Phi) is 40.3. The molecule has 2 N–H and O–H groups in total. The molecule has 0 aromatic rings. The zero-order valence-corrected chi connectivity index (χ0v) is 35.5. The molecule has 6 nitrogen and oxygen atoms in total. The number of ether oxygens (including phenoxy) is 2. The first kappa shape index (κ1) is 51.8. The summed E-state index contributed by atoms with van der Waals surface area (Å²) >= 11 is 0. The molecule has 6 heteroatoms. The average molecular weight is 759 g/mol. The van der Waals surface area contributed by atoms with Gasteiger partial charge in [0.2, 0.25) is 0 Å². The van der Waals surface area contributed by atoms with Crippen LogP contribution in [0.2, 0.25) is 0 Å². The average Bonchev–Trinajstić information content (AvgIpc) is 3.16. The Morgan fingerprint density at radius 2 is 0.870 bits per heavy atom. The van der Waals surface area contributed by atoms with E-state index in [9.17, 15) is 19.8 Å². The third-order valence-corrected chi connectivity index (χ3v) is 10.2. The van der Waals surface area contributed by atoms with Crippen molar-refractivity contribution in [3.63, 3.8) is 0 Å². The third-order valence-electron chi connectivity index (χ3n) is 10.2. The molecule has 0 rings (SSSR count). The van der Waals surface area contributed by atoms with Gasteiger partial charge in [-0.3, -0.25) is 9.59 Å². The predicted octanol–water partition coefficient (Wildman–Crippen LogP) is 13.4. The van der Waals surface area contributed by atoms with E-state index in [1.807, 2.05) is 0 Å². The van der Waals surface area contributed by atoms with Gasteiger partial charge in [0.05, 0.1) is 6.10 Å². The first-order chi connectivity index (χ1) is 26.4. The molecule has 2 unspecified atom stereocenters. The van der Waals surface area contributed by atoms with Gasteiger partial charge in [-0.1, -0.05) is 198 Å². The fourth-order valence-electron chi connectivity index (χ4n) is 6.36. The van der Waals surface area contributed by atoms with Crippen molar-refractivity contribution in [3.8, 4) is 0 Å². The smallest absolute Gasteiger partial charge is 0.305 e. The maximum Gasteiger partial charge on any atom is 0.305 e. The number of allylic oxidation sites excluding steroid dienone is 7. The molecule has 3 atom stereocenters. The van der Waals surface area contributed by atoms with E-state index in [4.69, 9.17) is 9.47 Å². The Bertz CT molecular complexity index is 937. The number of hydrogen-bond acceptors (Lipinski definition) is 6. The number of rotatable bonds is 40. The van der Waals surface area contributed by atoms with E-state index in [1.165, 1.54) is 109 Å². The van der Waals surface area contributed by atoms with Crippen LogP contribution in [-0.4, -0.2) is 47.6 Å². The van der Waals surface area contributed by atoms with Crippen LogP contribution in [0.1, 0.15) is 213 Å². The standard InChI is InChI=1S/C48H86O6/c1-4-37-45(49)39-34-30-26-22-18-14-12-16-20-24-28-32-36-41-48(52)54-43-46(50)42-53-47(51)40-35-31-27-23-19-15-11-9-7-6-8-10-13-17-21-25-29-33-38-44(3)5-2/h12,16,18,22,24,28,30,34,44-46,49-50H,4-11,13-15,17,19-21,23,25-27,29,31-33,35-43H2,1-3H3/b16-12-,22-18-,28-24-,34-30-/t44?,45?,46-/m0/s1. The van der Waals surface area contributed by atoms with Crippen LogP contribution in [0.15, 0.2) is 48.6 Å². The van der Waals surface area contributed by atoms with Crippen LogP contribution in [0.3, 0.4) is 0 Å². The number of esters is 2. The van der Waals surface area contributed by atoms with Crippen molar-refractivity contribution < 1.29 is 29.3 Å². The summed E-state index contributed by atoms with van der Waals surface area (Å²) in [7, 11) is 0. The van der Waals surface area contributed by atoms with Crippen molar-refractivity contribution >= 4 is 11.9 Å². The lowest BCUT2D eigenvalue weighted by atomic mass is 9.99. The molecule has 54 heavy (non-hydrogen) atoms. The van der Waals surface area contributed by atoms with E-state index in [0.29, 0.717) is 19.3 Å². The Morgan fingerprint density at radius 1 is 0.481 bits per heavy atom. The maximum absolute atomic E-state index is 12.0. The number of unbranched alkanes of at least 4 members (excludes halogenated alkanes) is 18. The van der Waals surface area contributed by atoms with Crippen LogP contribution in [0.5, 0.6) is 0 Å². The van der Waals surface area contributed by atoms with Crippen molar-refractivity contribution in [2.24, 2.45) is 5.92 Å². The fraction of sp³-hybridized carbons (Fsp3) is 0.792. The van der Waals surface area contributed by atoms with Crippen LogP contribution < -0.4 is 0 Å². The summed E-state index contributed by atoms with van der Waals surface area (Å²) in [5.41, 5.74) is 0. The van der Waals surface area contributed by atoms with Gasteiger partial charge in [0.15, 0.2) is 0 Å². The Balaban J connectivity index is 3.49. The Hall–Kier alpha value is -2.18. The zero-order valence-electron chi connectivity index (χ0n) is 35.5. The quantitative estimate of drug-likeness (QED) is 0.0367. The molecule has 0 saturated carbocycles. The van der Waals surface area contributed by atoms with Gasteiger partial charge in [0.25, 0.3) is 0 Å². The molecule has 0 amide bonds. The lowest BCUT2D eigenvalue weighted by Gasteiger charge is -2.12. The second kappa shape index (κ2) is 42.0. The number of aliphatic hydroxyl groups excluding tert-OH is 2. The Morgan fingerprint density at radius 3 is 1.31 bits per heavy atom. The highest BCUT2D eigenvalue weighted by Crippen LogP contribution is 2.17. The Labute approximate surface area is 333 Å². The van der Waals surface area contributed by atoms with Gasteiger partial charge in [-0.25, -0.2) is 0 Å². The van der Waals surface area contributed by atoms with Gasteiger partial charge in [-0.05, 0) is 57.3 Å². The molecule has 0 aromatic carbocycles. The highest BCUT2D eigenvalue weighted by molar-refractivity contribution is 5.69. The SMILES string of the molecule is CCCC(O)C/C=C\C/C=C\C/C=C\C/C=C\CCCC(=O)OC[C@@H](O)COC(=O)CCCCCCCCCCCCCCCCCCCCC(C)CC. The summed E-state index contributed by atoms with van der Waals surface area (Å²) in [6, 6.07) is 0. The number of aliphatic hydroxyl groups is 2. The van der Waals surface area contributed by atoms with Crippen LogP contribution in [0, 0.1) is 5.92 Å². The minimum atomic E-state index is -0.996. The van der Waals surface area contributed by atoms with Crippen molar-refractivity contribution in [2.45, 2.75) is 226 Å². The first-order valence-electron chi connectivity index (χ1n) is 22.7. The molecule has 0 spiro atoms. The molecule has 0 aromatic heterocycles. The van der Waals surface area contributed by atoms with E-state index in [1.54, 1.807) is 0 Å². The van der Waals surface area contributed by atoms with Crippen molar-refractivity contribution in [1.29, 1.82) is 0 Å². The molecule has 0 radical (unpaired) electrons. The maximum atomic E-state index is 12.0. The van der Waals surface area contributed by atoms with Crippen LogP contribution in [-0.2, 0) is 19.1 Å². The molecular formula is C48H86O6. The number of carbonyl (C=O) groups excluding carboxylic acids is 2. The van der Waals surface area contributed by atoms with E-state index in [-0.39, 0.29) is 31.3 Å². The minimum Gasteiger partial charge on any atom is -0.463 e. The van der Waals surface area contributed by atoms with Gasteiger partial charge in [0, 0.05) is 12.8 Å². The molecule has 314 valence electrons. The summed E-state index contributed by atoms with van der Waals surface area (Å²) < 4.78 is 10.3. The summed E-state index contributed by atoms with van der Waals surface area (Å²) in [4.78, 5) is 24.0. The van der Waals surface area contributed by atoms with Crippen LogP contribution >= 0.6 is 0 Å². The normalized spacial score (nSPS) is 13.8.